The van der Waals surface area contributed by atoms with Crippen molar-refractivity contribution in [1.82, 2.24) is 10.2 Å². The number of anilines is 1. The van der Waals surface area contributed by atoms with Crippen molar-refractivity contribution < 1.29 is 9.59 Å². The van der Waals surface area contributed by atoms with Crippen molar-refractivity contribution in [1.29, 1.82) is 0 Å². The Morgan fingerprint density at radius 1 is 1.07 bits per heavy atom. The van der Waals surface area contributed by atoms with E-state index in [2.05, 4.69) is 17.6 Å². The summed E-state index contributed by atoms with van der Waals surface area (Å²) < 4.78 is 0. The van der Waals surface area contributed by atoms with E-state index >= 15 is 0 Å². The molecule has 1 aliphatic rings. The molecule has 0 radical (unpaired) electrons. The van der Waals surface area contributed by atoms with E-state index in [1.807, 2.05) is 59.5 Å². The molecule has 0 aromatic heterocycles. The monoisotopic (exact) mass is 379 g/mol. The molecule has 28 heavy (non-hydrogen) atoms. The van der Waals surface area contributed by atoms with Gasteiger partial charge in [0.05, 0.1) is 12.3 Å². The number of likely N-dealkylation sites (tertiary alicyclic amines) is 1. The second-order valence-electron chi connectivity index (χ2n) is 7.27. The van der Waals surface area contributed by atoms with Crippen molar-refractivity contribution in [2.75, 3.05) is 25.0 Å². The van der Waals surface area contributed by atoms with Gasteiger partial charge in [-0.1, -0.05) is 55.5 Å². The normalized spacial score (nSPS) is 16.6. The summed E-state index contributed by atoms with van der Waals surface area (Å²) in [6, 6.07) is 17.6. The van der Waals surface area contributed by atoms with Gasteiger partial charge in [-0.05, 0) is 36.6 Å². The van der Waals surface area contributed by atoms with Gasteiger partial charge in [0.25, 0.3) is 0 Å². The molecule has 1 fully saturated rings. The lowest BCUT2D eigenvalue weighted by Gasteiger charge is -2.32. The molecule has 0 saturated carbocycles. The minimum absolute atomic E-state index is 0.00107. The molecule has 2 aromatic rings. The molecule has 1 aliphatic heterocycles. The molecule has 0 spiro atoms. The van der Waals surface area contributed by atoms with Gasteiger partial charge in [0.1, 0.15) is 0 Å². The number of nitrogens with zero attached hydrogens (tertiary/aromatic N) is 1. The fourth-order valence-corrected chi connectivity index (χ4v) is 3.59. The topological polar surface area (TPSA) is 61.4 Å². The average molecular weight is 380 g/mol. The number of amides is 2. The third-order valence-electron chi connectivity index (χ3n) is 5.18. The fourth-order valence-electron chi connectivity index (χ4n) is 3.59. The highest BCUT2D eigenvalue weighted by atomic mass is 16.2. The summed E-state index contributed by atoms with van der Waals surface area (Å²) in [5.74, 6) is -0.0712. The molecule has 1 unspecified atom stereocenters. The molecule has 3 rings (SSSR count). The molecule has 5 nitrogen and oxygen atoms in total. The van der Waals surface area contributed by atoms with Crippen LogP contribution in [0.1, 0.15) is 30.9 Å². The SMILES string of the molecule is CCNCc1ccccc1NC(=O)C1CCCN(C(=O)Cc2ccccc2)C1. The number of benzene rings is 2. The third kappa shape index (κ3) is 5.42. The predicted octanol–water partition coefficient (Wildman–Crippen LogP) is 3.22. The van der Waals surface area contributed by atoms with E-state index in [0.717, 1.165) is 49.3 Å². The minimum Gasteiger partial charge on any atom is -0.342 e. The van der Waals surface area contributed by atoms with Crippen LogP contribution in [0.25, 0.3) is 0 Å². The zero-order chi connectivity index (χ0) is 19.8. The Balaban J connectivity index is 1.59. The first-order chi connectivity index (χ1) is 13.7. The van der Waals surface area contributed by atoms with Gasteiger partial charge in [-0.15, -0.1) is 0 Å². The molecule has 148 valence electrons. The van der Waals surface area contributed by atoms with Gasteiger partial charge in [-0.25, -0.2) is 0 Å². The van der Waals surface area contributed by atoms with Crippen LogP contribution in [0.3, 0.4) is 0 Å². The summed E-state index contributed by atoms with van der Waals surface area (Å²) in [5.41, 5.74) is 2.93. The third-order valence-corrected chi connectivity index (χ3v) is 5.18. The summed E-state index contributed by atoms with van der Waals surface area (Å²) in [6.45, 7) is 4.88. The molecule has 2 amide bonds. The predicted molar refractivity (Wildman–Crippen MR) is 112 cm³/mol. The molecular weight excluding hydrogens is 350 g/mol. The molecule has 1 saturated heterocycles. The van der Waals surface area contributed by atoms with Crippen molar-refractivity contribution in [3.63, 3.8) is 0 Å². The first-order valence-electron chi connectivity index (χ1n) is 10.1. The molecule has 5 heteroatoms. The first-order valence-corrected chi connectivity index (χ1v) is 10.1. The summed E-state index contributed by atoms with van der Waals surface area (Å²) in [6.07, 6.45) is 2.06. The lowest BCUT2D eigenvalue weighted by molar-refractivity contribution is -0.133. The van der Waals surface area contributed by atoms with Crippen molar-refractivity contribution >= 4 is 17.5 Å². The van der Waals surface area contributed by atoms with Gasteiger partial charge in [0.15, 0.2) is 0 Å². The largest absolute Gasteiger partial charge is 0.342 e. The highest BCUT2D eigenvalue weighted by Crippen LogP contribution is 2.21. The smallest absolute Gasteiger partial charge is 0.229 e. The molecule has 0 bridgehead atoms. The van der Waals surface area contributed by atoms with E-state index in [1.165, 1.54) is 0 Å². The van der Waals surface area contributed by atoms with Crippen LogP contribution >= 0.6 is 0 Å². The van der Waals surface area contributed by atoms with Crippen LogP contribution in [0, 0.1) is 5.92 Å². The molecule has 1 heterocycles. The Morgan fingerprint density at radius 3 is 2.61 bits per heavy atom. The van der Waals surface area contributed by atoms with Gasteiger partial charge in [0, 0.05) is 25.3 Å². The van der Waals surface area contributed by atoms with Crippen LogP contribution in [0.4, 0.5) is 5.69 Å². The van der Waals surface area contributed by atoms with E-state index in [9.17, 15) is 9.59 Å². The van der Waals surface area contributed by atoms with E-state index in [4.69, 9.17) is 0 Å². The quantitative estimate of drug-likeness (QED) is 0.777. The number of carbonyl (C=O) groups is 2. The molecule has 0 aliphatic carbocycles. The van der Waals surface area contributed by atoms with Crippen LogP contribution in [0.2, 0.25) is 0 Å². The number of para-hydroxylation sites is 1. The zero-order valence-corrected chi connectivity index (χ0v) is 16.5. The van der Waals surface area contributed by atoms with Crippen LogP contribution in [-0.2, 0) is 22.6 Å². The second kappa shape index (κ2) is 10.0. The van der Waals surface area contributed by atoms with Crippen LogP contribution < -0.4 is 10.6 Å². The Bertz CT molecular complexity index is 791. The summed E-state index contributed by atoms with van der Waals surface area (Å²) >= 11 is 0. The van der Waals surface area contributed by atoms with Crippen molar-refractivity contribution in [3.05, 3.63) is 65.7 Å². The van der Waals surface area contributed by atoms with Gasteiger partial charge < -0.3 is 15.5 Å². The molecule has 2 N–H and O–H groups in total. The van der Waals surface area contributed by atoms with Gasteiger partial charge in [0.2, 0.25) is 11.8 Å². The number of rotatable bonds is 7. The zero-order valence-electron chi connectivity index (χ0n) is 16.5. The van der Waals surface area contributed by atoms with Crippen LogP contribution in [0.5, 0.6) is 0 Å². The Morgan fingerprint density at radius 2 is 1.82 bits per heavy atom. The van der Waals surface area contributed by atoms with Crippen LogP contribution in [-0.4, -0.2) is 36.3 Å². The maximum absolute atomic E-state index is 12.9. The fraction of sp³-hybridized carbons (Fsp3) is 0.391. The number of hydrogen-bond donors (Lipinski definition) is 2. The van der Waals surface area contributed by atoms with Crippen molar-refractivity contribution in [2.45, 2.75) is 32.7 Å². The van der Waals surface area contributed by atoms with Crippen molar-refractivity contribution in [3.8, 4) is 0 Å². The summed E-state index contributed by atoms with van der Waals surface area (Å²) in [7, 11) is 0. The lowest BCUT2D eigenvalue weighted by atomic mass is 9.96. The van der Waals surface area contributed by atoms with E-state index in [0.29, 0.717) is 13.0 Å². The van der Waals surface area contributed by atoms with E-state index < -0.39 is 0 Å². The summed E-state index contributed by atoms with van der Waals surface area (Å²) in [4.78, 5) is 27.3. The first kappa shape index (κ1) is 20.1. The Kier molecular flexibility index (Phi) is 7.20. The summed E-state index contributed by atoms with van der Waals surface area (Å²) in [5, 5.41) is 6.38. The average Bonchev–Trinajstić information content (AvgIpc) is 2.74. The van der Waals surface area contributed by atoms with Gasteiger partial charge >= 0.3 is 0 Å². The molecule has 1 atom stereocenters. The second-order valence-corrected chi connectivity index (χ2v) is 7.27. The highest BCUT2D eigenvalue weighted by molar-refractivity contribution is 5.94. The van der Waals surface area contributed by atoms with E-state index in [-0.39, 0.29) is 17.7 Å². The van der Waals surface area contributed by atoms with Gasteiger partial charge in [-0.2, -0.15) is 0 Å². The highest BCUT2D eigenvalue weighted by Gasteiger charge is 2.28. The molecule has 2 aromatic carbocycles. The maximum atomic E-state index is 12.9. The maximum Gasteiger partial charge on any atom is 0.229 e. The van der Waals surface area contributed by atoms with Crippen LogP contribution in [0.15, 0.2) is 54.6 Å². The lowest BCUT2D eigenvalue weighted by Crippen LogP contribution is -2.44. The number of nitrogens with one attached hydrogen (secondary N) is 2. The molecular formula is C23H29N3O2. The number of hydrogen-bond acceptors (Lipinski definition) is 3. The van der Waals surface area contributed by atoms with E-state index in [1.54, 1.807) is 0 Å². The minimum atomic E-state index is -0.166. The number of carbonyl (C=O) groups excluding carboxylic acids is 2. The Hall–Kier alpha value is -2.66. The number of piperidine rings is 1. The van der Waals surface area contributed by atoms with Gasteiger partial charge in [-0.3, -0.25) is 9.59 Å². The Labute approximate surface area is 167 Å². The standard InChI is InChI=1S/C23H29N3O2/c1-2-24-16-19-11-6-7-13-21(19)25-23(28)20-12-8-14-26(17-20)22(27)15-18-9-4-3-5-10-18/h3-7,9-11,13,20,24H,2,8,12,14-17H2,1H3,(H,25,28). The van der Waals surface area contributed by atoms with Crippen molar-refractivity contribution in [2.24, 2.45) is 5.92 Å².